The zero-order valence-electron chi connectivity index (χ0n) is 15.8. The Balaban J connectivity index is 1.82. The molecule has 1 saturated carbocycles. The molecule has 2 aromatic rings. The lowest BCUT2D eigenvalue weighted by Gasteiger charge is -2.37. The number of pyridine rings is 1. The van der Waals surface area contributed by atoms with Crippen molar-refractivity contribution in [2.24, 2.45) is 11.7 Å². The standard InChI is InChI=1S/C21H24ClFN4O/c1-11(28)16-15(25)3-2-13(19(16)23)14-9-26-20-17(18(14)22)21(10-27-20)6-4-12(8-24)5-7-21/h2-3,9,12H,4-8,10,24-25H2,1H3,(H,26,27). The second-order valence-corrected chi connectivity index (χ2v) is 8.35. The summed E-state index contributed by atoms with van der Waals surface area (Å²) in [6, 6.07) is 3.10. The fraction of sp³-hybridized carbons (Fsp3) is 0.429. The molecule has 0 saturated heterocycles. The summed E-state index contributed by atoms with van der Waals surface area (Å²) in [5.41, 5.74) is 13.3. The number of anilines is 2. The molecule has 0 amide bonds. The van der Waals surface area contributed by atoms with Gasteiger partial charge in [-0.05, 0) is 57.2 Å². The highest BCUT2D eigenvalue weighted by atomic mass is 35.5. The summed E-state index contributed by atoms with van der Waals surface area (Å²) < 4.78 is 15.1. The van der Waals surface area contributed by atoms with Crippen LogP contribution in [-0.4, -0.2) is 23.9 Å². The van der Waals surface area contributed by atoms with Crippen molar-refractivity contribution in [3.8, 4) is 11.1 Å². The Morgan fingerprint density at radius 3 is 2.71 bits per heavy atom. The van der Waals surface area contributed by atoms with Crippen LogP contribution in [-0.2, 0) is 5.41 Å². The maximum absolute atomic E-state index is 15.1. The zero-order valence-corrected chi connectivity index (χ0v) is 16.6. The van der Waals surface area contributed by atoms with E-state index in [2.05, 4.69) is 10.3 Å². The zero-order chi connectivity index (χ0) is 20.1. The topological polar surface area (TPSA) is 94.0 Å². The average Bonchev–Trinajstić information content (AvgIpc) is 3.02. The van der Waals surface area contributed by atoms with E-state index in [9.17, 15) is 4.79 Å². The van der Waals surface area contributed by atoms with Gasteiger partial charge in [0.05, 0.1) is 10.6 Å². The van der Waals surface area contributed by atoms with Gasteiger partial charge in [0.25, 0.3) is 0 Å². The van der Waals surface area contributed by atoms with E-state index in [1.54, 1.807) is 18.3 Å². The van der Waals surface area contributed by atoms with E-state index >= 15 is 4.39 Å². The van der Waals surface area contributed by atoms with Crippen LogP contribution in [0.3, 0.4) is 0 Å². The summed E-state index contributed by atoms with van der Waals surface area (Å²) in [6.45, 7) is 2.78. The van der Waals surface area contributed by atoms with E-state index < -0.39 is 11.6 Å². The Morgan fingerprint density at radius 2 is 2.07 bits per heavy atom. The van der Waals surface area contributed by atoms with Gasteiger partial charge < -0.3 is 16.8 Å². The number of Topliss-reactive ketones (excluding diaryl/α,β-unsaturated/α-hetero) is 1. The van der Waals surface area contributed by atoms with E-state index in [4.69, 9.17) is 23.1 Å². The van der Waals surface area contributed by atoms with Gasteiger partial charge in [0.2, 0.25) is 0 Å². The monoisotopic (exact) mass is 402 g/mol. The van der Waals surface area contributed by atoms with Crippen molar-refractivity contribution < 1.29 is 9.18 Å². The number of fused-ring (bicyclic) bond motifs is 2. The molecule has 0 unspecified atom stereocenters. The Kier molecular flexibility index (Phi) is 4.79. The maximum Gasteiger partial charge on any atom is 0.164 e. The van der Waals surface area contributed by atoms with Crippen LogP contribution in [0.4, 0.5) is 15.9 Å². The largest absolute Gasteiger partial charge is 0.398 e. The Morgan fingerprint density at radius 1 is 1.36 bits per heavy atom. The molecule has 2 aliphatic rings. The highest BCUT2D eigenvalue weighted by Gasteiger charge is 2.44. The molecule has 0 atom stereocenters. The van der Waals surface area contributed by atoms with E-state index in [0.29, 0.717) is 23.0 Å². The quantitative estimate of drug-likeness (QED) is 0.530. The minimum absolute atomic E-state index is 0.102. The van der Waals surface area contributed by atoms with Crippen LogP contribution >= 0.6 is 11.6 Å². The van der Waals surface area contributed by atoms with Crippen LogP contribution in [0.2, 0.25) is 5.02 Å². The second kappa shape index (κ2) is 7.01. The summed E-state index contributed by atoms with van der Waals surface area (Å²) in [5.74, 6) is 0.239. The number of aromatic nitrogens is 1. The minimum atomic E-state index is -0.650. The SMILES string of the molecule is CC(=O)c1c(N)ccc(-c2cnc3c(c2Cl)C2(CCC(CN)CC2)CN3)c1F. The van der Waals surface area contributed by atoms with Crippen molar-refractivity contribution in [3.05, 3.63) is 40.3 Å². The van der Waals surface area contributed by atoms with Gasteiger partial charge in [-0.2, -0.15) is 0 Å². The number of rotatable bonds is 3. The van der Waals surface area contributed by atoms with Crippen LogP contribution in [0.15, 0.2) is 18.3 Å². The first-order valence-corrected chi connectivity index (χ1v) is 9.98. The molecule has 5 nitrogen and oxygen atoms in total. The first-order chi connectivity index (χ1) is 13.4. The molecule has 7 heteroatoms. The van der Waals surface area contributed by atoms with Crippen LogP contribution in [0, 0.1) is 11.7 Å². The third-order valence-electron chi connectivity index (χ3n) is 6.35. The van der Waals surface area contributed by atoms with Gasteiger partial charge >= 0.3 is 0 Å². The summed E-state index contributed by atoms with van der Waals surface area (Å²) in [7, 11) is 0. The number of hydrogen-bond donors (Lipinski definition) is 3. The van der Waals surface area contributed by atoms with Crippen LogP contribution in [0.25, 0.3) is 11.1 Å². The third-order valence-corrected chi connectivity index (χ3v) is 6.74. The summed E-state index contributed by atoms with van der Waals surface area (Å²) in [4.78, 5) is 16.4. The Bertz CT molecular complexity index is 954. The normalized spacial score (nSPS) is 23.5. The van der Waals surface area contributed by atoms with Crippen molar-refractivity contribution >= 4 is 28.9 Å². The van der Waals surface area contributed by atoms with Crippen molar-refractivity contribution in [2.75, 3.05) is 24.1 Å². The lowest BCUT2D eigenvalue weighted by atomic mass is 9.67. The maximum atomic E-state index is 15.1. The minimum Gasteiger partial charge on any atom is -0.398 e. The van der Waals surface area contributed by atoms with Crippen molar-refractivity contribution in [1.29, 1.82) is 0 Å². The lowest BCUT2D eigenvalue weighted by Crippen LogP contribution is -2.35. The molecule has 0 bridgehead atoms. The fourth-order valence-corrected chi connectivity index (χ4v) is 5.13. The summed E-state index contributed by atoms with van der Waals surface area (Å²) >= 11 is 6.84. The van der Waals surface area contributed by atoms with Crippen molar-refractivity contribution in [3.63, 3.8) is 0 Å². The predicted molar refractivity (Wildman–Crippen MR) is 110 cm³/mol. The molecule has 1 aliphatic heterocycles. The molecule has 1 aliphatic carbocycles. The van der Waals surface area contributed by atoms with Crippen LogP contribution in [0.1, 0.15) is 48.5 Å². The molecule has 148 valence electrons. The predicted octanol–water partition coefficient (Wildman–Crippen LogP) is 4.14. The highest BCUT2D eigenvalue weighted by Crippen LogP contribution is 2.51. The molecule has 1 aromatic heterocycles. The van der Waals surface area contributed by atoms with Gasteiger partial charge in [-0.3, -0.25) is 4.79 Å². The van der Waals surface area contributed by atoms with Gasteiger partial charge in [-0.15, -0.1) is 0 Å². The molecule has 5 N–H and O–H groups in total. The third kappa shape index (κ3) is 2.86. The van der Waals surface area contributed by atoms with Crippen LogP contribution < -0.4 is 16.8 Å². The molecule has 4 rings (SSSR count). The molecule has 28 heavy (non-hydrogen) atoms. The number of ketones is 1. The number of carbonyl (C=O) groups excluding carboxylic acids is 1. The van der Waals surface area contributed by atoms with E-state index in [-0.39, 0.29) is 22.2 Å². The van der Waals surface area contributed by atoms with Gasteiger partial charge in [-0.25, -0.2) is 9.37 Å². The van der Waals surface area contributed by atoms with Gasteiger partial charge in [-0.1, -0.05) is 11.6 Å². The van der Waals surface area contributed by atoms with Crippen LogP contribution in [0.5, 0.6) is 0 Å². The second-order valence-electron chi connectivity index (χ2n) is 7.97. The molecule has 2 heterocycles. The number of nitrogens with two attached hydrogens (primary N) is 2. The number of benzene rings is 1. The van der Waals surface area contributed by atoms with Gasteiger partial charge in [0.1, 0.15) is 11.6 Å². The van der Waals surface area contributed by atoms with Crippen molar-refractivity contribution in [1.82, 2.24) is 4.98 Å². The molecular formula is C21H24ClFN4O. The fourth-order valence-electron chi connectivity index (χ4n) is 4.69. The number of hydrogen-bond acceptors (Lipinski definition) is 5. The lowest BCUT2D eigenvalue weighted by molar-refractivity contribution is 0.101. The molecule has 0 radical (unpaired) electrons. The number of nitrogen functional groups attached to an aromatic ring is 1. The van der Waals surface area contributed by atoms with E-state index in [1.165, 1.54) is 6.92 Å². The number of carbonyl (C=O) groups is 1. The number of nitrogens with zero attached hydrogens (tertiary/aromatic N) is 1. The van der Waals surface area contributed by atoms with Gasteiger partial charge in [0, 0.05) is 40.5 Å². The molecule has 1 aromatic carbocycles. The number of halogens is 2. The highest BCUT2D eigenvalue weighted by molar-refractivity contribution is 6.34. The average molecular weight is 403 g/mol. The first-order valence-electron chi connectivity index (χ1n) is 9.60. The molecule has 1 fully saturated rings. The Labute approximate surface area is 168 Å². The molecule has 1 spiro atoms. The van der Waals surface area contributed by atoms with E-state index in [1.807, 2.05) is 0 Å². The number of nitrogens with one attached hydrogen (secondary N) is 1. The summed E-state index contributed by atoms with van der Waals surface area (Å²) in [5, 5.41) is 3.87. The first kappa shape index (κ1) is 19.2. The smallest absolute Gasteiger partial charge is 0.164 e. The van der Waals surface area contributed by atoms with E-state index in [0.717, 1.165) is 43.6 Å². The molecular weight excluding hydrogens is 379 g/mol. The summed E-state index contributed by atoms with van der Waals surface area (Å²) in [6.07, 6.45) is 5.61. The Hall–Kier alpha value is -2.18. The van der Waals surface area contributed by atoms with Crippen molar-refractivity contribution in [2.45, 2.75) is 38.0 Å². The van der Waals surface area contributed by atoms with Gasteiger partial charge in [0.15, 0.2) is 5.78 Å².